The lowest BCUT2D eigenvalue weighted by Gasteiger charge is -2.12. The predicted octanol–water partition coefficient (Wildman–Crippen LogP) is 4.05. The van der Waals surface area contributed by atoms with Gasteiger partial charge in [-0.2, -0.15) is 0 Å². The van der Waals surface area contributed by atoms with Crippen LogP contribution in [0.2, 0.25) is 0 Å². The lowest BCUT2D eigenvalue weighted by molar-refractivity contribution is 0.247. The normalized spacial score (nSPS) is 10.3. The second-order valence-electron chi connectivity index (χ2n) is 5.41. The fourth-order valence-corrected chi connectivity index (χ4v) is 2.56. The SMILES string of the molecule is COc1ccccc1NC(=O)NCCOc1cccc2ccccc12. The first-order valence-corrected chi connectivity index (χ1v) is 8.06. The van der Waals surface area contributed by atoms with E-state index in [9.17, 15) is 4.79 Å². The molecule has 0 bridgehead atoms. The van der Waals surface area contributed by atoms with Crippen molar-refractivity contribution in [1.82, 2.24) is 5.32 Å². The molecule has 0 spiro atoms. The van der Waals surface area contributed by atoms with Crippen molar-refractivity contribution in [2.24, 2.45) is 0 Å². The predicted molar refractivity (Wildman–Crippen MR) is 99.5 cm³/mol. The standard InChI is InChI=1S/C20H20N2O3/c1-24-19-11-5-4-10-17(19)22-20(23)21-13-14-25-18-12-6-8-15-7-2-3-9-16(15)18/h2-12H,13-14H2,1H3,(H2,21,22,23). The first-order chi connectivity index (χ1) is 12.3. The number of urea groups is 1. The fourth-order valence-electron chi connectivity index (χ4n) is 2.56. The van der Waals surface area contributed by atoms with Crippen LogP contribution in [0.5, 0.6) is 11.5 Å². The van der Waals surface area contributed by atoms with Gasteiger partial charge in [-0.3, -0.25) is 0 Å². The molecule has 5 nitrogen and oxygen atoms in total. The Bertz CT molecular complexity index is 859. The van der Waals surface area contributed by atoms with E-state index in [-0.39, 0.29) is 6.03 Å². The van der Waals surface area contributed by atoms with Gasteiger partial charge in [-0.15, -0.1) is 0 Å². The largest absolute Gasteiger partial charge is 0.495 e. The van der Waals surface area contributed by atoms with Crippen LogP contribution in [0.25, 0.3) is 10.8 Å². The van der Waals surface area contributed by atoms with Crippen molar-refractivity contribution in [2.45, 2.75) is 0 Å². The van der Waals surface area contributed by atoms with Crippen molar-refractivity contribution in [3.63, 3.8) is 0 Å². The number of benzene rings is 3. The number of anilines is 1. The lowest BCUT2D eigenvalue weighted by Crippen LogP contribution is -2.32. The van der Waals surface area contributed by atoms with Crippen molar-refractivity contribution >= 4 is 22.5 Å². The first kappa shape index (κ1) is 16.6. The van der Waals surface area contributed by atoms with Crippen LogP contribution in [-0.4, -0.2) is 26.3 Å². The molecule has 128 valence electrons. The summed E-state index contributed by atoms with van der Waals surface area (Å²) in [5, 5.41) is 7.71. The number of methoxy groups -OCH3 is 1. The van der Waals surface area contributed by atoms with E-state index in [0.717, 1.165) is 16.5 Å². The van der Waals surface area contributed by atoms with Crippen LogP contribution in [0, 0.1) is 0 Å². The zero-order valence-corrected chi connectivity index (χ0v) is 14.0. The number of nitrogens with one attached hydrogen (secondary N) is 2. The molecule has 3 rings (SSSR count). The van der Waals surface area contributed by atoms with Crippen LogP contribution in [0.15, 0.2) is 66.7 Å². The minimum atomic E-state index is -0.300. The molecule has 0 unspecified atom stereocenters. The number of hydrogen-bond acceptors (Lipinski definition) is 3. The van der Waals surface area contributed by atoms with Crippen LogP contribution in [-0.2, 0) is 0 Å². The number of amides is 2. The minimum absolute atomic E-state index is 0.300. The molecule has 0 aliphatic carbocycles. The van der Waals surface area contributed by atoms with Crippen LogP contribution in [0.1, 0.15) is 0 Å². The number of ether oxygens (including phenoxy) is 2. The van der Waals surface area contributed by atoms with Crippen molar-refractivity contribution in [1.29, 1.82) is 0 Å². The highest BCUT2D eigenvalue weighted by molar-refractivity contribution is 5.91. The molecule has 0 fully saturated rings. The van der Waals surface area contributed by atoms with E-state index in [1.54, 1.807) is 19.2 Å². The molecule has 0 atom stereocenters. The van der Waals surface area contributed by atoms with Gasteiger partial charge in [0.2, 0.25) is 0 Å². The zero-order valence-electron chi connectivity index (χ0n) is 14.0. The van der Waals surface area contributed by atoms with Crippen LogP contribution >= 0.6 is 0 Å². The van der Waals surface area contributed by atoms with E-state index in [0.29, 0.717) is 24.6 Å². The van der Waals surface area contributed by atoms with Gasteiger partial charge < -0.3 is 20.1 Å². The van der Waals surface area contributed by atoms with Gasteiger partial charge in [-0.25, -0.2) is 4.79 Å². The van der Waals surface area contributed by atoms with Gasteiger partial charge in [0.15, 0.2) is 0 Å². The van der Waals surface area contributed by atoms with Crippen LogP contribution < -0.4 is 20.1 Å². The molecule has 5 heteroatoms. The molecule has 0 saturated heterocycles. The molecule has 25 heavy (non-hydrogen) atoms. The molecule has 0 radical (unpaired) electrons. The number of rotatable bonds is 6. The topological polar surface area (TPSA) is 59.6 Å². The summed E-state index contributed by atoms with van der Waals surface area (Å²) >= 11 is 0. The van der Waals surface area contributed by atoms with Crippen molar-refractivity contribution < 1.29 is 14.3 Å². The average molecular weight is 336 g/mol. The van der Waals surface area contributed by atoms with E-state index in [2.05, 4.69) is 10.6 Å². The molecule has 3 aromatic rings. The summed E-state index contributed by atoms with van der Waals surface area (Å²) in [6.45, 7) is 0.775. The molecule has 2 N–H and O–H groups in total. The lowest BCUT2D eigenvalue weighted by atomic mass is 10.1. The Morgan fingerprint density at radius 3 is 2.52 bits per heavy atom. The molecule has 0 saturated carbocycles. The summed E-state index contributed by atoms with van der Waals surface area (Å²) in [5.41, 5.74) is 0.623. The molecule has 0 aliphatic heterocycles. The Labute approximate surface area is 146 Å². The van der Waals surface area contributed by atoms with Gasteiger partial charge in [-0.1, -0.05) is 48.5 Å². The van der Waals surface area contributed by atoms with Gasteiger partial charge in [0.05, 0.1) is 19.3 Å². The highest BCUT2D eigenvalue weighted by atomic mass is 16.5. The molecular formula is C20H20N2O3. The Morgan fingerprint density at radius 2 is 1.64 bits per heavy atom. The van der Waals surface area contributed by atoms with Crippen molar-refractivity contribution in [3.05, 3.63) is 66.7 Å². The molecule has 0 heterocycles. The highest BCUT2D eigenvalue weighted by Crippen LogP contribution is 2.25. The molecular weight excluding hydrogens is 316 g/mol. The maximum absolute atomic E-state index is 12.0. The minimum Gasteiger partial charge on any atom is -0.495 e. The number of fused-ring (bicyclic) bond motifs is 1. The molecule has 0 aliphatic rings. The van der Waals surface area contributed by atoms with Gasteiger partial charge >= 0.3 is 6.03 Å². The average Bonchev–Trinajstić information content (AvgIpc) is 2.66. The van der Waals surface area contributed by atoms with E-state index in [4.69, 9.17) is 9.47 Å². The van der Waals surface area contributed by atoms with Gasteiger partial charge in [0, 0.05) is 5.39 Å². The second-order valence-corrected chi connectivity index (χ2v) is 5.41. The number of carbonyl (C=O) groups excluding carboxylic acids is 1. The molecule has 0 aromatic heterocycles. The number of hydrogen-bond donors (Lipinski definition) is 2. The second kappa shape index (κ2) is 8.06. The third-order valence-corrected chi connectivity index (χ3v) is 3.75. The zero-order chi connectivity index (χ0) is 17.5. The van der Waals surface area contributed by atoms with Crippen LogP contribution in [0.4, 0.5) is 10.5 Å². The summed E-state index contributed by atoms with van der Waals surface area (Å²) in [7, 11) is 1.57. The first-order valence-electron chi connectivity index (χ1n) is 8.06. The number of carbonyl (C=O) groups is 1. The summed E-state index contributed by atoms with van der Waals surface area (Å²) in [4.78, 5) is 12.0. The summed E-state index contributed by atoms with van der Waals surface area (Å²) < 4.78 is 11.0. The molecule has 2 amide bonds. The van der Waals surface area contributed by atoms with E-state index in [1.165, 1.54) is 0 Å². The maximum Gasteiger partial charge on any atom is 0.319 e. The van der Waals surface area contributed by atoms with E-state index in [1.807, 2.05) is 54.6 Å². The maximum atomic E-state index is 12.0. The van der Waals surface area contributed by atoms with Gasteiger partial charge in [0.1, 0.15) is 18.1 Å². The monoisotopic (exact) mass is 336 g/mol. The summed E-state index contributed by atoms with van der Waals surface area (Å²) in [6, 6.07) is 20.9. The van der Waals surface area contributed by atoms with Crippen molar-refractivity contribution in [3.8, 4) is 11.5 Å². The Balaban J connectivity index is 1.50. The quantitative estimate of drug-likeness (QED) is 0.668. The van der Waals surface area contributed by atoms with Gasteiger partial charge in [0.25, 0.3) is 0 Å². The van der Waals surface area contributed by atoms with Crippen molar-refractivity contribution in [2.75, 3.05) is 25.6 Å². The third kappa shape index (κ3) is 4.20. The summed E-state index contributed by atoms with van der Waals surface area (Å²) in [5.74, 6) is 1.43. The Hall–Kier alpha value is -3.21. The smallest absolute Gasteiger partial charge is 0.319 e. The fraction of sp³-hybridized carbons (Fsp3) is 0.150. The Morgan fingerprint density at radius 1 is 0.920 bits per heavy atom. The summed E-state index contributed by atoms with van der Waals surface area (Å²) in [6.07, 6.45) is 0. The third-order valence-electron chi connectivity index (χ3n) is 3.75. The number of para-hydroxylation sites is 2. The highest BCUT2D eigenvalue weighted by Gasteiger charge is 2.06. The van der Waals surface area contributed by atoms with Crippen LogP contribution in [0.3, 0.4) is 0 Å². The van der Waals surface area contributed by atoms with Gasteiger partial charge in [-0.05, 0) is 23.6 Å². The Kier molecular flexibility index (Phi) is 5.36. The van der Waals surface area contributed by atoms with E-state index < -0.39 is 0 Å². The van der Waals surface area contributed by atoms with E-state index >= 15 is 0 Å². The molecule has 3 aromatic carbocycles.